The fourth-order valence-corrected chi connectivity index (χ4v) is 4.78. The number of nitrogens with one attached hydrogen (secondary N) is 1. The first-order valence-electron chi connectivity index (χ1n) is 7.31. The van der Waals surface area contributed by atoms with Crippen molar-refractivity contribution in [1.29, 1.82) is 0 Å². The molecule has 3 aromatic heterocycles. The Balaban J connectivity index is 1.78. The predicted molar refractivity (Wildman–Crippen MR) is 109 cm³/mol. The molecule has 0 aliphatic rings. The lowest BCUT2D eigenvalue weighted by molar-refractivity contribution is 1.15. The number of nitrogens with zero attached hydrogens (tertiary/aromatic N) is 1. The molecular weight excluding hydrogens is 395 g/mol. The number of hydrogen-bond acceptors (Lipinski definition) is 4. The maximum Gasteiger partial charge on any atom is 0.260 e. The molecule has 0 atom stereocenters. The molecule has 0 saturated heterocycles. The molecule has 0 fully saturated rings. The summed E-state index contributed by atoms with van der Waals surface area (Å²) in [4.78, 5) is 21.7. The minimum absolute atomic E-state index is 0.153. The normalized spacial score (nSPS) is 11.6. The maximum atomic E-state index is 12.6. The topological polar surface area (TPSA) is 45.8 Å². The number of halogens is 2. The molecule has 25 heavy (non-hydrogen) atoms. The molecule has 0 unspecified atom stereocenters. The van der Waals surface area contributed by atoms with Gasteiger partial charge in [-0.2, -0.15) is 0 Å². The number of hydrogen-bond donors (Lipinski definition) is 1. The number of thiophene rings is 2. The van der Waals surface area contributed by atoms with Crippen LogP contribution in [0.3, 0.4) is 0 Å². The van der Waals surface area contributed by atoms with Gasteiger partial charge in [0.2, 0.25) is 0 Å². The van der Waals surface area contributed by atoms with Crippen LogP contribution in [0.4, 0.5) is 0 Å². The molecule has 3 nitrogen and oxygen atoms in total. The van der Waals surface area contributed by atoms with Crippen molar-refractivity contribution in [2.45, 2.75) is 0 Å². The summed E-state index contributed by atoms with van der Waals surface area (Å²) in [6, 6.07) is 9.28. The summed E-state index contributed by atoms with van der Waals surface area (Å²) in [5.41, 5.74) is 1.46. The van der Waals surface area contributed by atoms with E-state index in [0.717, 1.165) is 10.4 Å². The highest BCUT2D eigenvalue weighted by molar-refractivity contribution is 7.18. The van der Waals surface area contributed by atoms with Gasteiger partial charge in [0.25, 0.3) is 5.56 Å². The van der Waals surface area contributed by atoms with Crippen molar-refractivity contribution >= 4 is 68.2 Å². The summed E-state index contributed by atoms with van der Waals surface area (Å²) in [6.07, 6.45) is 3.46. The first kappa shape index (κ1) is 16.5. The van der Waals surface area contributed by atoms with Crippen LogP contribution in [0.5, 0.6) is 0 Å². The molecule has 0 bridgehead atoms. The minimum Gasteiger partial charge on any atom is -0.306 e. The third-order valence-electron chi connectivity index (χ3n) is 3.66. The monoisotopic (exact) mass is 404 g/mol. The Morgan fingerprint density at radius 1 is 1.04 bits per heavy atom. The van der Waals surface area contributed by atoms with Crippen molar-refractivity contribution in [1.82, 2.24) is 9.97 Å². The second-order valence-electron chi connectivity index (χ2n) is 5.23. The van der Waals surface area contributed by atoms with E-state index in [-0.39, 0.29) is 5.56 Å². The lowest BCUT2D eigenvalue weighted by atomic mass is 10.2. The van der Waals surface area contributed by atoms with Crippen molar-refractivity contribution in [3.8, 4) is 10.4 Å². The van der Waals surface area contributed by atoms with Gasteiger partial charge in [-0.25, -0.2) is 4.98 Å². The first-order chi connectivity index (χ1) is 12.1. The van der Waals surface area contributed by atoms with E-state index in [1.165, 1.54) is 11.3 Å². The largest absolute Gasteiger partial charge is 0.306 e. The smallest absolute Gasteiger partial charge is 0.260 e. The number of aromatic amines is 1. The van der Waals surface area contributed by atoms with Crippen LogP contribution >= 0.6 is 45.9 Å². The highest BCUT2D eigenvalue weighted by Gasteiger charge is 2.13. The summed E-state index contributed by atoms with van der Waals surface area (Å²) in [7, 11) is 0. The van der Waals surface area contributed by atoms with E-state index in [1.54, 1.807) is 41.7 Å². The Morgan fingerprint density at radius 2 is 1.84 bits per heavy atom. The Hall–Kier alpha value is -1.92. The highest BCUT2D eigenvalue weighted by Crippen LogP contribution is 2.33. The second-order valence-corrected chi connectivity index (χ2v) is 7.85. The van der Waals surface area contributed by atoms with Crippen molar-refractivity contribution in [2.75, 3.05) is 0 Å². The van der Waals surface area contributed by atoms with Gasteiger partial charge in [0.15, 0.2) is 0 Å². The van der Waals surface area contributed by atoms with E-state index < -0.39 is 0 Å². The van der Waals surface area contributed by atoms with Gasteiger partial charge in [0.1, 0.15) is 10.7 Å². The average Bonchev–Trinajstić information content (AvgIpc) is 3.23. The summed E-state index contributed by atoms with van der Waals surface area (Å²) in [5, 5.41) is 5.68. The summed E-state index contributed by atoms with van der Waals surface area (Å²) < 4.78 is 0. The Bertz CT molecular complexity index is 1120. The van der Waals surface area contributed by atoms with Gasteiger partial charge < -0.3 is 4.98 Å². The molecule has 0 saturated carbocycles. The highest BCUT2D eigenvalue weighted by atomic mass is 35.5. The zero-order valence-corrected chi connectivity index (χ0v) is 15.8. The quantitative estimate of drug-likeness (QED) is 0.442. The van der Waals surface area contributed by atoms with Crippen molar-refractivity contribution in [3.63, 3.8) is 0 Å². The van der Waals surface area contributed by atoms with E-state index in [0.29, 0.717) is 31.6 Å². The Labute approximate surface area is 161 Å². The van der Waals surface area contributed by atoms with Crippen LogP contribution in [-0.2, 0) is 0 Å². The van der Waals surface area contributed by atoms with Crippen LogP contribution in [0.15, 0.2) is 45.9 Å². The fourth-order valence-electron chi connectivity index (χ4n) is 2.49. The molecule has 0 radical (unpaired) electrons. The third kappa shape index (κ3) is 3.16. The molecule has 0 amide bonds. The molecule has 4 aromatic rings. The lowest BCUT2D eigenvalue weighted by Gasteiger charge is -2.01. The summed E-state index contributed by atoms with van der Waals surface area (Å²) >= 11 is 15.4. The predicted octanol–water partition coefficient (Wildman–Crippen LogP) is 6.19. The van der Waals surface area contributed by atoms with Crippen LogP contribution in [0.1, 0.15) is 11.4 Å². The van der Waals surface area contributed by atoms with Gasteiger partial charge in [0.05, 0.1) is 5.39 Å². The Morgan fingerprint density at radius 3 is 2.56 bits per heavy atom. The standard InChI is InChI=1S/C18H10Cl2N2OS2/c19-12-3-1-4-13(20)10(12)6-7-15-21-17(23)16-11(9-25-18(16)22-15)14-5-2-8-24-14/h1-9H,(H,21,22,23)/b7-6+. The first-order valence-corrected chi connectivity index (χ1v) is 9.82. The van der Waals surface area contributed by atoms with Crippen LogP contribution in [0.2, 0.25) is 10.0 Å². The molecule has 0 aliphatic heterocycles. The van der Waals surface area contributed by atoms with Gasteiger partial charge in [-0.3, -0.25) is 4.79 Å². The number of fused-ring (bicyclic) bond motifs is 1. The number of rotatable bonds is 3. The molecule has 3 heterocycles. The SMILES string of the molecule is O=c1[nH]c(/C=C/c2c(Cl)cccc2Cl)nc2scc(-c3cccs3)c12. The Kier molecular flexibility index (Phi) is 4.48. The van der Waals surface area contributed by atoms with E-state index in [1.807, 2.05) is 22.9 Å². The molecule has 0 aliphatic carbocycles. The van der Waals surface area contributed by atoms with Crippen molar-refractivity contribution in [3.05, 3.63) is 72.9 Å². The van der Waals surface area contributed by atoms with Crippen LogP contribution in [0.25, 0.3) is 32.8 Å². The number of benzene rings is 1. The molecule has 7 heteroatoms. The van der Waals surface area contributed by atoms with Gasteiger partial charge in [0, 0.05) is 31.4 Å². The average molecular weight is 405 g/mol. The lowest BCUT2D eigenvalue weighted by Crippen LogP contribution is -2.08. The summed E-state index contributed by atoms with van der Waals surface area (Å²) in [5.74, 6) is 0.466. The maximum absolute atomic E-state index is 12.6. The molecule has 4 rings (SSSR count). The van der Waals surface area contributed by atoms with Gasteiger partial charge >= 0.3 is 0 Å². The third-order valence-corrected chi connectivity index (χ3v) is 6.09. The van der Waals surface area contributed by atoms with Crippen LogP contribution < -0.4 is 5.56 Å². The zero-order valence-electron chi connectivity index (χ0n) is 12.6. The van der Waals surface area contributed by atoms with Gasteiger partial charge in [-0.15, -0.1) is 22.7 Å². The summed E-state index contributed by atoms with van der Waals surface area (Å²) in [6.45, 7) is 0. The van der Waals surface area contributed by atoms with E-state index in [2.05, 4.69) is 9.97 Å². The molecular formula is C18H10Cl2N2OS2. The minimum atomic E-state index is -0.153. The molecule has 1 aromatic carbocycles. The van der Waals surface area contributed by atoms with E-state index >= 15 is 0 Å². The van der Waals surface area contributed by atoms with Crippen molar-refractivity contribution < 1.29 is 0 Å². The van der Waals surface area contributed by atoms with Gasteiger partial charge in [-0.1, -0.05) is 35.3 Å². The van der Waals surface area contributed by atoms with E-state index in [9.17, 15) is 4.79 Å². The second kappa shape index (κ2) is 6.77. The van der Waals surface area contributed by atoms with Crippen LogP contribution in [-0.4, -0.2) is 9.97 Å². The van der Waals surface area contributed by atoms with E-state index in [4.69, 9.17) is 23.2 Å². The van der Waals surface area contributed by atoms with Crippen molar-refractivity contribution in [2.24, 2.45) is 0 Å². The fraction of sp³-hybridized carbons (Fsp3) is 0. The molecule has 1 N–H and O–H groups in total. The molecule has 124 valence electrons. The number of H-pyrrole nitrogens is 1. The van der Waals surface area contributed by atoms with Crippen LogP contribution in [0, 0.1) is 0 Å². The molecule has 0 spiro atoms. The number of aromatic nitrogens is 2. The zero-order chi connectivity index (χ0) is 17.4. The van der Waals surface area contributed by atoms with Gasteiger partial charge in [-0.05, 0) is 35.7 Å².